The van der Waals surface area contributed by atoms with Crippen LogP contribution >= 0.6 is 12.6 Å². The van der Waals surface area contributed by atoms with Gasteiger partial charge in [-0.1, -0.05) is 50.6 Å². The van der Waals surface area contributed by atoms with Gasteiger partial charge in [-0.2, -0.15) is 5.10 Å². The third kappa shape index (κ3) is 2.85. The molecule has 6 rings (SSSR count). The molecule has 4 aliphatic carbocycles. The Morgan fingerprint density at radius 1 is 1.23 bits per heavy atom. The third-order valence-corrected chi connectivity index (χ3v) is 10.5. The smallest absolute Gasteiger partial charge is 0.218 e. The van der Waals surface area contributed by atoms with Crippen LogP contribution in [0.2, 0.25) is 0 Å². The maximum atomic E-state index is 12.6. The van der Waals surface area contributed by atoms with Gasteiger partial charge in [0.15, 0.2) is 0 Å². The molecule has 5 nitrogen and oxygen atoms in total. The molecule has 6 heteroatoms. The molecule has 1 aromatic carbocycles. The molecule has 1 aromatic heterocycles. The molecule has 1 heterocycles. The van der Waals surface area contributed by atoms with Crippen LogP contribution < -0.4 is 0 Å². The average Bonchev–Trinajstić information content (AvgIpc) is 3.30. The summed E-state index contributed by atoms with van der Waals surface area (Å²) in [6.45, 7) is 8.40. The number of fused-ring (bicyclic) bond motifs is 6. The fraction of sp³-hybridized carbons (Fsp3) is 0.517. The van der Waals surface area contributed by atoms with Crippen molar-refractivity contribution in [2.24, 2.45) is 34.5 Å². The summed E-state index contributed by atoms with van der Waals surface area (Å²) in [5.74, 6) is -0.00294. The number of carbonyl (C=O) groups excluding carboxylic acids is 1. The quantitative estimate of drug-likeness (QED) is 0.537. The molecular weight excluding hydrogens is 456 g/mol. The number of benzene rings is 1. The van der Waals surface area contributed by atoms with Crippen molar-refractivity contribution in [3.63, 3.8) is 0 Å². The number of aromatic nitrogens is 2. The highest BCUT2D eigenvalue weighted by atomic mass is 32.1. The molecule has 2 saturated carbocycles. The van der Waals surface area contributed by atoms with E-state index in [0.29, 0.717) is 6.42 Å². The summed E-state index contributed by atoms with van der Waals surface area (Å²) in [5.41, 5.74) is 3.32. The van der Waals surface area contributed by atoms with Crippen molar-refractivity contribution >= 4 is 23.8 Å². The maximum Gasteiger partial charge on any atom is 0.218 e. The van der Waals surface area contributed by atoms with Gasteiger partial charge in [-0.15, -0.1) is 12.6 Å². The summed E-state index contributed by atoms with van der Waals surface area (Å²) < 4.78 is 2.01. The first kappa shape index (κ1) is 23.3. The Labute approximate surface area is 212 Å². The monoisotopic (exact) mass is 490 g/mol. The number of thiol groups is 1. The summed E-state index contributed by atoms with van der Waals surface area (Å²) in [7, 11) is 0. The van der Waals surface area contributed by atoms with Gasteiger partial charge >= 0.3 is 0 Å². The molecule has 0 bridgehead atoms. The number of nitrogens with zero attached hydrogens (tertiary/aromatic N) is 2. The fourth-order valence-electron chi connectivity index (χ4n) is 8.63. The maximum absolute atomic E-state index is 12.6. The SMILES string of the molecule is CC1=C[C@@H]2[C@H]([C@@H](O)C[C@@]3(C)[C@H]2C[C@@H](C)[C@]3(O)C(=O)S)[C@@]2(C)Cc3cnn(-c4ccccc4)c3C=C12. The highest BCUT2D eigenvalue weighted by Gasteiger charge is 2.70. The lowest BCUT2D eigenvalue weighted by atomic mass is 9.46. The molecule has 0 unspecified atom stereocenters. The van der Waals surface area contributed by atoms with Crippen LogP contribution in [0.4, 0.5) is 0 Å². The molecule has 2 aromatic rings. The first-order valence-electron chi connectivity index (χ1n) is 12.7. The second-order valence-electron chi connectivity index (χ2n) is 11.9. The van der Waals surface area contributed by atoms with E-state index in [1.54, 1.807) is 0 Å². The number of rotatable bonds is 2. The summed E-state index contributed by atoms with van der Waals surface area (Å²) in [6.07, 6.45) is 7.89. The lowest BCUT2D eigenvalue weighted by Gasteiger charge is -2.59. The standard InChI is InChI=1S/C29H34N2O3S/c1-16-10-20-22-11-17(2)29(34,26(33)35)28(22,4)14-24(32)25(20)27(3)13-18-15-30-31(23(18)12-21(16)27)19-8-6-5-7-9-19/h5-10,12,15,17,20,22,24-25,32,34H,11,13-14H2,1-4H3,(H,33,35)/t17-,20+,22+,24+,25-,27+,28+,29+/m1/s1. The van der Waals surface area contributed by atoms with Gasteiger partial charge in [-0.3, -0.25) is 4.79 Å². The van der Waals surface area contributed by atoms with Gasteiger partial charge in [-0.05, 0) is 73.3 Å². The Hall–Kier alpha value is -2.15. The first-order chi connectivity index (χ1) is 16.5. The fourth-order valence-corrected chi connectivity index (χ4v) is 9.10. The molecule has 0 saturated heterocycles. The van der Waals surface area contributed by atoms with Crippen LogP contribution in [-0.4, -0.2) is 36.8 Å². The number of carbonyl (C=O) groups is 1. The van der Waals surface area contributed by atoms with Crippen molar-refractivity contribution in [3.05, 3.63) is 65.0 Å². The van der Waals surface area contributed by atoms with Gasteiger partial charge in [0.1, 0.15) is 5.60 Å². The van der Waals surface area contributed by atoms with Crippen LogP contribution in [-0.2, 0) is 11.2 Å². The largest absolute Gasteiger partial charge is 0.393 e. The van der Waals surface area contributed by atoms with Gasteiger partial charge in [0.2, 0.25) is 5.12 Å². The zero-order chi connectivity index (χ0) is 24.9. The van der Waals surface area contributed by atoms with Crippen molar-refractivity contribution in [1.82, 2.24) is 9.78 Å². The normalized spacial score (nSPS) is 41.7. The second-order valence-corrected chi connectivity index (χ2v) is 12.3. The van der Waals surface area contributed by atoms with Gasteiger partial charge in [-0.25, -0.2) is 4.68 Å². The van der Waals surface area contributed by atoms with Crippen LogP contribution in [0.5, 0.6) is 0 Å². The molecular formula is C29H34N2O3S. The van der Waals surface area contributed by atoms with Gasteiger partial charge < -0.3 is 10.2 Å². The predicted octanol–water partition coefficient (Wildman–Crippen LogP) is 4.62. The van der Waals surface area contributed by atoms with E-state index in [4.69, 9.17) is 5.10 Å². The van der Waals surface area contributed by atoms with Crippen molar-refractivity contribution in [3.8, 4) is 5.69 Å². The molecule has 0 spiro atoms. The van der Waals surface area contributed by atoms with E-state index >= 15 is 0 Å². The summed E-state index contributed by atoms with van der Waals surface area (Å²) in [4.78, 5) is 12.6. The minimum Gasteiger partial charge on any atom is -0.393 e. The van der Waals surface area contributed by atoms with E-state index in [2.05, 4.69) is 50.8 Å². The van der Waals surface area contributed by atoms with Crippen LogP contribution in [0.3, 0.4) is 0 Å². The van der Waals surface area contributed by atoms with Gasteiger partial charge in [0.05, 0.1) is 23.7 Å². The average molecular weight is 491 g/mol. The van der Waals surface area contributed by atoms with E-state index in [-0.39, 0.29) is 29.1 Å². The second kappa shape index (κ2) is 7.44. The number of hydrogen-bond acceptors (Lipinski definition) is 4. The highest BCUT2D eigenvalue weighted by Crippen LogP contribution is 2.68. The van der Waals surface area contributed by atoms with E-state index in [9.17, 15) is 15.0 Å². The Morgan fingerprint density at radius 3 is 2.63 bits per heavy atom. The lowest BCUT2D eigenvalue weighted by Crippen LogP contribution is -2.61. The first-order valence-corrected chi connectivity index (χ1v) is 13.1. The molecule has 8 atom stereocenters. The van der Waals surface area contributed by atoms with Gasteiger partial charge in [0.25, 0.3) is 0 Å². The minimum absolute atomic E-state index is 0.00770. The molecule has 184 valence electrons. The van der Waals surface area contributed by atoms with E-state index in [1.165, 1.54) is 16.7 Å². The van der Waals surface area contributed by atoms with Crippen molar-refractivity contribution in [1.29, 1.82) is 0 Å². The van der Waals surface area contributed by atoms with Crippen LogP contribution in [0.15, 0.2) is 53.8 Å². The molecule has 2 fully saturated rings. The number of aliphatic hydroxyl groups is 2. The number of para-hydroxylation sites is 1. The Kier molecular flexibility index (Phi) is 4.94. The third-order valence-electron chi connectivity index (χ3n) is 10.2. The van der Waals surface area contributed by atoms with E-state index in [1.807, 2.05) is 42.9 Å². The van der Waals surface area contributed by atoms with Crippen LogP contribution in [0, 0.1) is 34.5 Å². The number of aliphatic hydroxyl groups excluding tert-OH is 1. The summed E-state index contributed by atoms with van der Waals surface area (Å²) >= 11 is 4.12. The van der Waals surface area contributed by atoms with E-state index < -0.39 is 22.2 Å². The predicted molar refractivity (Wildman–Crippen MR) is 139 cm³/mol. The Balaban J connectivity index is 1.47. The van der Waals surface area contributed by atoms with Crippen molar-refractivity contribution in [2.75, 3.05) is 0 Å². The zero-order valence-corrected chi connectivity index (χ0v) is 21.7. The summed E-state index contributed by atoms with van der Waals surface area (Å²) in [5, 5.41) is 27.6. The number of hydrogen-bond donors (Lipinski definition) is 3. The minimum atomic E-state index is -1.53. The topological polar surface area (TPSA) is 75.3 Å². The molecule has 2 N–H and O–H groups in total. The molecule has 0 radical (unpaired) electrons. The summed E-state index contributed by atoms with van der Waals surface area (Å²) in [6, 6.07) is 10.2. The highest BCUT2D eigenvalue weighted by molar-refractivity contribution is 7.96. The molecule has 35 heavy (non-hydrogen) atoms. The van der Waals surface area contributed by atoms with Crippen LogP contribution in [0.1, 0.15) is 51.8 Å². The molecule has 0 amide bonds. The van der Waals surface area contributed by atoms with Crippen LogP contribution in [0.25, 0.3) is 11.8 Å². The zero-order valence-electron chi connectivity index (χ0n) is 20.8. The Bertz CT molecular complexity index is 1280. The Morgan fingerprint density at radius 2 is 1.94 bits per heavy atom. The molecule has 0 aliphatic heterocycles. The lowest BCUT2D eigenvalue weighted by molar-refractivity contribution is -0.169. The van der Waals surface area contributed by atoms with Gasteiger partial charge in [0, 0.05) is 16.7 Å². The van der Waals surface area contributed by atoms with E-state index in [0.717, 1.165) is 24.2 Å². The molecule has 4 aliphatic rings. The van der Waals surface area contributed by atoms with Crippen molar-refractivity contribution < 1.29 is 15.0 Å². The van der Waals surface area contributed by atoms with Crippen molar-refractivity contribution in [2.45, 2.75) is 58.7 Å². The number of allylic oxidation sites excluding steroid dienone is 3.